The molecular formula is C25H27ClF2N8. The summed E-state index contributed by atoms with van der Waals surface area (Å²) in [7, 11) is 0. The van der Waals surface area contributed by atoms with Crippen molar-refractivity contribution in [3.63, 3.8) is 0 Å². The van der Waals surface area contributed by atoms with Gasteiger partial charge in [-0.25, -0.2) is 13.8 Å². The first kappa shape index (κ1) is 22.4. The van der Waals surface area contributed by atoms with E-state index in [4.69, 9.17) is 11.6 Å². The van der Waals surface area contributed by atoms with Crippen LogP contribution in [0.5, 0.6) is 0 Å². The number of aromatic nitrogens is 5. The summed E-state index contributed by atoms with van der Waals surface area (Å²) in [6.45, 7) is 5.99. The SMILES string of the molecule is Cc1cncc(N2CC3(C2)CN(c2nnc4n2-c2ccc(Cl)cc2CN(CC(F)(F)C2CC2)C4)C3)n1. The molecule has 4 aliphatic rings. The van der Waals surface area contributed by atoms with Crippen LogP contribution in [0.25, 0.3) is 5.69 Å². The fraction of sp³-hybridized carbons (Fsp3) is 0.520. The highest BCUT2D eigenvalue weighted by molar-refractivity contribution is 6.30. The maximum absolute atomic E-state index is 14.7. The van der Waals surface area contributed by atoms with Crippen molar-refractivity contribution in [1.82, 2.24) is 29.6 Å². The minimum absolute atomic E-state index is 0.198. The Labute approximate surface area is 212 Å². The lowest BCUT2D eigenvalue weighted by atomic mass is 9.73. The van der Waals surface area contributed by atoms with Gasteiger partial charge in [-0.15, -0.1) is 10.2 Å². The second-order valence-electron chi connectivity index (χ2n) is 10.9. The summed E-state index contributed by atoms with van der Waals surface area (Å²) in [6, 6.07) is 5.67. The molecule has 188 valence electrons. The molecule has 0 atom stereocenters. The summed E-state index contributed by atoms with van der Waals surface area (Å²) >= 11 is 6.32. The molecule has 7 rings (SSSR count). The topological polar surface area (TPSA) is 66.2 Å². The van der Waals surface area contributed by atoms with Gasteiger partial charge in [0.05, 0.1) is 30.7 Å². The first-order valence-electron chi connectivity index (χ1n) is 12.4. The Bertz CT molecular complexity index is 1330. The fourth-order valence-electron chi connectivity index (χ4n) is 5.93. The average Bonchev–Trinajstić information content (AvgIpc) is 3.57. The normalized spacial score (nSPS) is 21.0. The Hall–Kier alpha value is -2.85. The van der Waals surface area contributed by atoms with Gasteiger partial charge in [0.1, 0.15) is 5.82 Å². The lowest BCUT2D eigenvalue weighted by Gasteiger charge is -2.60. The van der Waals surface area contributed by atoms with Gasteiger partial charge in [-0.1, -0.05) is 11.6 Å². The molecule has 0 bridgehead atoms. The van der Waals surface area contributed by atoms with Crippen LogP contribution in [0.4, 0.5) is 20.5 Å². The summed E-state index contributed by atoms with van der Waals surface area (Å²) in [6.07, 6.45) is 4.79. The van der Waals surface area contributed by atoms with Crippen LogP contribution in [0.15, 0.2) is 30.6 Å². The summed E-state index contributed by atoms with van der Waals surface area (Å²) in [5.41, 5.74) is 2.94. The molecular weight excluding hydrogens is 486 g/mol. The van der Waals surface area contributed by atoms with Gasteiger partial charge in [0.2, 0.25) is 5.95 Å². The van der Waals surface area contributed by atoms with Crippen LogP contribution >= 0.6 is 11.6 Å². The molecule has 36 heavy (non-hydrogen) atoms. The van der Waals surface area contributed by atoms with Gasteiger partial charge in [-0.05, 0) is 43.5 Å². The first-order valence-corrected chi connectivity index (χ1v) is 12.8. The molecule has 1 aromatic carbocycles. The number of rotatable bonds is 5. The number of aryl methyl sites for hydroxylation is 1. The van der Waals surface area contributed by atoms with Crippen LogP contribution in [0.1, 0.15) is 29.9 Å². The average molecular weight is 513 g/mol. The highest BCUT2D eigenvalue weighted by Gasteiger charge is 2.54. The minimum atomic E-state index is -2.70. The predicted molar refractivity (Wildman–Crippen MR) is 132 cm³/mol. The van der Waals surface area contributed by atoms with Gasteiger partial charge in [0.15, 0.2) is 5.82 Å². The number of benzene rings is 1. The zero-order valence-corrected chi connectivity index (χ0v) is 20.8. The molecule has 3 aromatic rings. The summed E-state index contributed by atoms with van der Waals surface area (Å²) in [5.74, 6) is -0.826. The molecule has 0 radical (unpaired) electrons. The maximum Gasteiger partial charge on any atom is 0.263 e. The number of halogens is 3. The standard InChI is InChI=1S/C25H27ClF2N8/c1-16-7-29-8-21(30-16)34-11-24(12-34)13-35(14-24)23-32-31-22-10-33(15-25(27,28)18-2-3-18)9-17-6-19(26)4-5-20(17)36(22)23/h4-8,18H,2-3,9-15H2,1H3. The molecule has 0 unspecified atom stereocenters. The molecule has 3 aliphatic heterocycles. The Morgan fingerprint density at radius 2 is 1.83 bits per heavy atom. The third kappa shape index (κ3) is 3.73. The molecule has 5 heterocycles. The smallest absolute Gasteiger partial charge is 0.263 e. The van der Waals surface area contributed by atoms with Crippen molar-refractivity contribution in [3.8, 4) is 5.69 Å². The number of nitrogens with zero attached hydrogens (tertiary/aromatic N) is 8. The zero-order valence-electron chi connectivity index (χ0n) is 20.0. The van der Waals surface area contributed by atoms with E-state index in [9.17, 15) is 8.78 Å². The maximum atomic E-state index is 14.7. The summed E-state index contributed by atoms with van der Waals surface area (Å²) in [4.78, 5) is 15.1. The Morgan fingerprint density at radius 1 is 1.06 bits per heavy atom. The Kier molecular flexibility index (Phi) is 4.86. The molecule has 0 N–H and O–H groups in total. The van der Waals surface area contributed by atoms with Crippen LogP contribution in [0.2, 0.25) is 5.02 Å². The van der Waals surface area contributed by atoms with Gasteiger partial charge in [-0.2, -0.15) is 0 Å². The number of alkyl halides is 2. The molecule has 8 nitrogen and oxygen atoms in total. The second kappa shape index (κ2) is 7.82. The van der Waals surface area contributed by atoms with Crippen molar-refractivity contribution < 1.29 is 8.78 Å². The van der Waals surface area contributed by atoms with E-state index in [1.165, 1.54) is 0 Å². The lowest BCUT2D eigenvalue weighted by molar-refractivity contribution is -0.0558. The van der Waals surface area contributed by atoms with Crippen LogP contribution in [-0.4, -0.2) is 68.3 Å². The van der Waals surface area contributed by atoms with E-state index in [0.717, 1.165) is 54.9 Å². The van der Waals surface area contributed by atoms with E-state index in [0.29, 0.717) is 36.8 Å². The summed E-state index contributed by atoms with van der Waals surface area (Å²) in [5, 5.41) is 9.59. The molecule has 1 aliphatic carbocycles. The van der Waals surface area contributed by atoms with Crippen molar-refractivity contribution in [3.05, 3.63) is 52.7 Å². The molecule has 0 amide bonds. The Balaban J connectivity index is 1.13. The van der Waals surface area contributed by atoms with E-state index in [-0.39, 0.29) is 12.0 Å². The molecule has 11 heteroatoms. The third-order valence-corrected chi connectivity index (χ3v) is 8.05. The number of hydrogen-bond acceptors (Lipinski definition) is 7. The minimum Gasteiger partial charge on any atom is -0.354 e. The molecule has 2 aromatic heterocycles. The van der Waals surface area contributed by atoms with Gasteiger partial charge in [-0.3, -0.25) is 14.5 Å². The molecule has 3 fully saturated rings. The summed E-state index contributed by atoms with van der Waals surface area (Å²) < 4.78 is 31.5. The van der Waals surface area contributed by atoms with Crippen molar-refractivity contribution in [2.45, 2.75) is 38.8 Å². The van der Waals surface area contributed by atoms with Crippen molar-refractivity contribution >= 4 is 23.4 Å². The zero-order chi connectivity index (χ0) is 24.7. The van der Waals surface area contributed by atoms with Crippen LogP contribution in [0.3, 0.4) is 0 Å². The number of anilines is 2. The van der Waals surface area contributed by atoms with Crippen LogP contribution in [-0.2, 0) is 13.1 Å². The Morgan fingerprint density at radius 3 is 2.58 bits per heavy atom. The van der Waals surface area contributed by atoms with Crippen molar-refractivity contribution in [2.24, 2.45) is 11.3 Å². The molecule has 1 spiro atoms. The number of fused-ring (bicyclic) bond motifs is 3. The molecule has 2 saturated heterocycles. The van der Waals surface area contributed by atoms with Gasteiger partial charge >= 0.3 is 0 Å². The lowest BCUT2D eigenvalue weighted by Crippen LogP contribution is -2.73. The monoisotopic (exact) mass is 512 g/mol. The van der Waals surface area contributed by atoms with Gasteiger partial charge in [0, 0.05) is 55.3 Å². The quantitative estimate of drug-likeness (QED) is 0.516. The second-order valence-corrected chi connectivity index (χ2v) is 11.4. The van der Waals surface area contributed by atoms with Crippen molar-refractivity contribution in [2.75, 3.05) is 42.5 Å². The first-order chi connectivity index (χ1) is 17.3. The van der Waals surface area contributed by atoms with Gasteiger partial charge in [0.25, 0.3) is 5.92 Å². The van der Waals surface area contributed by atoms with E-state index in [1.807, 2.05) is 35.9 Å². The molecule has 1 saturated carbocycles. The van der Waals surface area contributed by atoms with E-state index in [1.54, 1.807) is 11.1 Å². The highest BCUT2D eigenvalue weighted by atomic mass is 35.5. The van der Waals surface area contributed by atoms with Crippen LogP contribution < -0.4 is 9.80 Å². The largest absolute Gasteiger partial charge is 0.354 e. The van der Waals surface area contributed by atoms with Gasteiger partial charge < -0.3 is 9.80 Å². The highest BCUT2D eigenvalue weighted by Crippen LogP contribution is 2.46. The fourth-order valence-corrected chi connectivity index (χ4v) is 6.13. The van der Waals surface area contributed by atoms with Crippen LogP contribution in [0, 0.1) is 18.3 Å². The van der Waals surface area contributed by atoms with Crippen molar-refractivity contribution in [1.29, 1.82) is 0 Å². The van der Waals surface area contributed by atoms with E-state index in [2.05, 4.69) is 30.0 Å². The number of hydrogen-bond donors (Lipinski definition) is 0. The van der Waals surface area contributed by atoms with E-state index < -0.39 is 11.8 Å². The predicted octanol–water partition coefficient (Wildman–Crippen LogP) is 3.71. The van der Waals surface area contributed by atoms with E-state index >= 15 is 0 Å². The third-order valence-electron chi connectivity index (χ3n) is 7.82.